The third-order valence-electron chi connectivity index (χ3n) is 3.65. The molecular weight excluding hydrogens is 208 g/mol. The summed E-state index contributed by atoms with van der Waals surface area (Å²) in [6.45, 7) is 4.30. The maximum absolute atomic E-state index is 9.34. The Morgan fingerprint density at radius 3 is 2.59 bits per heavy atom. The molecule has 1 aromatic carbocycles. The van der Waals surface area contributed by atoms with E-state index >= 15 is 0 Å². The largest absolute Gasteiger partial charge is 0.288 e. The smallest absolute Gasteiger partial charge is 0.102 e. The van der Waals surface area contributed by atoms with E-state index in [2.05, 4.69) is 42.2 Å². The summed E-state index contributed by atoms with van der Waals surface area (Å²) in [5.74, 6) is 0. The second-order valence-corrected chi connectivity index (χ2v) is 4.87. The maximum atomic E-state index is 9.34. The lowest BCUT2D eigenvalue weighted by atomic mass is 9.99. The summed E-state index contributed by atoms with van der Waals surface area (Å²) in [7, 11) is 0. The molecular formula is C15H20N2. The summed E-state index contributed by atoms with van der Waals surface area (Å²) in [5.41, 5.74) is 2.61. The van der Waals surface area contributed by atoms with Gasteiger partial charge in [-0.3, -0.25) is 4.90 Å². The molecule has 0 bridgehead atoms. The Hall–Kier alpha value is -1.33. The number of piperidine rings is 1. The molecule has 1 atom stereocenters. The van der Waals surface area contributed by atoms with Gasteiger partial charge < -0.3 is 0 Å². The molecule has 1 aliphatic heterocycles. The van der Waals surface area contributed by atoms with Crippen molar-refractivity contribution in [3.8, 4) is 6.07 Å². The van der Waals surface area contributed by atoms with Crippen molar-refractivity contribution in [2.24, 2.45) is 0 Å². The van der Waals surface area contributed by atoms with E-state index in [0.717, 1.165) is 19.5 Å². The lowest BCUT2D eigenvalue weighted by Crippen LogP contribution is -2.39. The van der Waals surface area contributed by atoms with Gasteiger partial charge in [0.05, 0.1) is 6.07 Å². The van der Waals surface area contributed by atoms with Crippen molar-refractivity contribution < 1.29 is 0 Å². The molecule has 17 heavy (non-hydrogen) atoms. The van der Waals surface area contributed by atoms with Crippen molar-refractivity contribution in [2.75, 3.05) is 13.1 Å². The fourth-order valence-corrected chi connectivity index (χ4v) is 2.53. The van der Waals surface area contributed by atoms with Gasteiger partial charge in [0.25, 0.3) is 0 Å². The average Bonchev–Trinajstić information content (AvgIpc) is 2.39. The fourth-order valence-electron chi connectivity index (χ4n) is 2.53. The van der Waals surface area contributed by atoms with Crippen LogP contribution in [0.1, 0.15) is 30.4 Å². The normalized spacial score (nSPS) is 18.6. The fraction of sp³-hybridized carbons (Fsp3) is 0.533. The van der Waals surface area contributed by atoms with Crippen LogP contribution in [0.25, 0.3) is 0 Å². The molecule has 90 valence electrons. The van der Waals surface area contributed by atoms with Crippen molar-refractivity contribution in [1.82, 2.24) is 4.90 Å². The highest BCUT2D eigenvalue weighted by molar-refractivity contribution is 5.27. The number of nitrogens with zero attached hydrogens (tertiary/aromatic N) is 2. The molecule has 1 saturated heterocycles. The summed E-state index contributed by atoms with van der Waals surface area (Å²) < 4.78 is 0. The van der Waals surface area contributed by atoms with E-state index in [1.54, 1.807) is 0 Å². The minimum Gasteiger partial charge on any atom is -0.288 e. The molecule has 2 rings (SSSR count). The van der Waals surface area contributed by atoms with Crippen LogP contribution in [0.4, 0.5) is 0 Å². The van der Waals surface area contributed by atoms with Crippen LogP contribution in [0.3, 0.4) is 0 Å². The Balaban J connectivity index is 2.05. The number of likely N-dealkylation sites (tertiary alicyclic amines) is 1. The minimum absolute atomic E-state index is 0.0522. The van der Waals surface area contributed by atoms with Crippen LogP contribution in [0.5, 0.6) is 0 Å². The Morgan fingerprint density at radius 1 is 1.24 bits per heavy atom. The van der Waals surface area contributed by atoms with Crippen molar-refractivity contribution in [1.29, 1.82) is 5.26 Å². The molecule has 1 fully saturated rings. The van der Waals surface area contributed by atoms with Gasteiger partial charge in [-0.15, -0.1) is 0 Å². The zero-order valence-electron chi connectivity index (χ0n) is 10.5. The topological polar surface area (TPSA) is 27.0 Å². The van der Waals surface area contributed by atoms with Crippen LogP contribution in [0.15, 0.2) is 24.3 Å². The summed E-state index contributed by atoms with van der Waals surface area (Å²) >= 11 is 0. The minimum atomic E-state index is 0.0522. The van der Waals surface area contributed by atoms with E-state index in [1.807, 2.05) is 0 Å². The quantitative estimate of drug-likeness (QED) is 0.795. The summed E-state index contributed by atoms with van der Waals surface area (Å²) in [6, 6.07) is 10.9. The van der Waals surface area contributed by atoms with Gasteiger partial charge >= 0.3 is 0 Å². The highest BCUT2D eigenvalue weighted by Crippen LogP contribution is 2.17. The number of rotatable bonds is 3. The number of hydrogen-bond acceptors (Lipinski definition) is 2. The molecule has 0 aliphatic carbocycles. The first kappa shape index (κ1) is 12.1. The van der Waals surface area contributed by atoms with Gasteiger partial charge in [0.15, 0.2) is 0 Å². The van der Waals surface area contributed by atoms with E-state index in [-0.39, 0.29) is 6.04 Å². The van der Waals surface area contributed by atoms with Crippen LogP contribution in [-0.4, -0.2) is 24.0 Å². The Bertz CT molecular complexity index is 400. The van der Waals surface area contributed by atoms with E-state index in [9.17, 15) is 5.26 Å². The molecule has 1 aliphatic rings. The molecule has 0 aromatic heterocycles. The SMILES string of the molecule is Cc1ccccc1CC(C#N)N1CCCCC1. The first-order chi connectivity index (χ1) is 8.31. The highest BCUT2D eigenvalue weighted by atomic mass is 15.2. The number of hydrogen-bond donors (Lipinski definition) is 0. The van der Waals surface area contributed by atoms with Gasteiger partial charge in [0.1, 0.15) is 6.04 Å². The lowest BCUT2D eigenvalue weighted by molar-refractivity contribution is 0.194. The third-order valence-corrected chi connectivity index (χ3v) is 3.65. The van der Waals surface area contributed by atoms with Gasteiger partial charge in [-0.25, -0.2) is 0 Å². The monoisotopic (exact) mass is 228 g/mol. The van der Waals surface area contributed by atoms with E-state index in [4.69, 9.17) is 0 Å². The van der Waals surface area contributed by atoms with Gasteiger partial charge in [0, 0.05) is 6.42 Å². The standard InChI is InChI=1S/C15H20N2/c1-13-7-3-4-8-14(13)11-15(12-16)17-9-5-2-6-10-17/h3-4,7-8,15H,2,5-6,9-11H2,1H3. The summed E-state index contributed by atoms with van der Waals surface area (Å²) in [6.07, 6.45) is 4.67. The molecule has 1 heterocycles. The van der Waals surface area contributed by atoms with E-state index < -0.39 is 0 Å². The van der Waals surface area contributed by atoms with Gasteiger partial charge in [-0.2, -0.15) is 5.26 Å². The number of aryl methyl sites for hydroxylation is 1. The number of benzene rings is 1. The first-order valence-electron chi connectivity index (χ1n) is 6.49. The van der Waals surface area contributed by atoms with Gasteiger partial charge in [0.2, 0.25) is 0 Å². The average molecular weight is 228 g/mol. The predicted octanol–water partition coefficient (Wildman–Crippen LogP) is 2.92. The van der Waals surface area contributed by atoms with Crippen LogP contribution >= 0.6 is 0 Å². The Labute approximate surface area is 104 Å². The molecule has 0 spiro atoms. The Kier molecular flexibility index (Phi) is 4.17. The molecule has 0 amide bonds. The lowest BCUT2D eigenvalue weighted by Gasteiger charge is -2.30. The second kappa shape index (κ2) is 5.84. The maximum Gasteiger partial charge on any atom is 0.102 e. The predicted molar refractivity (Wildman–Crippen MR) is 69.7 cm³/mol. The molecule has 1 aromatic rings. The van der Waals surface area contributed by atoms with Gasteiger partial charge in [-0.05, 0) is 44.0 Å². The van der Waals surface area contributed by atoms with E-state index in [0.29, 0.717) is 0 Å². The van der Waals surface area contributed by atoms with Crippen molar-refractivity contribution >= 4 is 0 Å². The first-order valence-corrected chi connectivity index (χ1v) is 6.49. The molecule has 0 N–H and O–H groups in total. The number of nitriles is 1. The summed E-state index contributed by atoms with van der Waals surface area (Å²) in [4.78, 5) is 2.34. The van der Waals surface area contributed by atoms with Crippen LogP contribution in [0, 0.1) is 18.3 Å². The second-order valence-electron chi connectivity index (χ2n) is 4.87. The molecule has 2 heteroatoms. The molecule has 2 nitrogen and oxygen atoms in total. The third kappa shape index (κ3) is 3.08. The van der Waals surface area contributed by atoms with Crippen molar-refractivity contribution in [3.63, 3.8) is 0 Å². The zero-order chi connectivity index (χ0) is 12.1. The van der Waals surface area contributed by atoms with Crippen LogP contribution < -0.4 is 0 Å². The zero-order valence-corrected chi connectivity index (χ0v) is 10.5. The molecule has 1 unspecified atom stereocenters. The van der Waals surface area contributed by atoms with Crippen molar-refractivity contribution in [3.05, 3.63) is 35.4 Å². The van der Waals surface area contributed by atoms with Crippen LogP contribution in [-0.2, 0) is 6.42 Å². The summed E-state index contributed by atoms with van der Waals surface area (Å²) in [5, 5.41) is 9.34. The van der Waals surface area contributed by atoms with Gasteiger partial charge in [-0.1, -0.05) is 30.7 Å². The Morgan fingerprint density at radius 2 is 1.94 bits per heavy atom. The van der Waals surface area contributed by atoms with E-state index in [1.165, 1.54) is 30.4 Å². The molecule has 0 radical (unpaired) electrons. The molecule has 0 saturated carbocycles. The highest BCUT2D eigenvalue weighted by Gasteiger charge is 2.20. The van der Waals surface area contributed by atoms with Crippen molar-refractivity contribution in [2.45, 2.75) is 38.6 Å². The van der Waals surface area contributed by atoms with Crippen LogP contribution in [0.2, 0.25) is 0 Å².